The summed E-state index contributed by atoms with van der Waals surface area (Å²) in [6, 6.07) is 10.4. The van der Waals surface area contributed by atoms with Gasteiger partial charge in [0.05, 0.1) is 18.5 Å². The normalized spacial score (nSPS) is 10.5. The molecule has 0 fully saturated rings. The number of rotatable bonds is 4. The largest absolute Gasteiger partial charge is 0.467 e. The van der Waals surface area contributed by atoms with E-state index in [1.807, 2.05) is 0 Å². The monoisotopic (exact) mass is 313 g/mol. The summed E-state index contributed by atoms with van der Waals surface area (Å²) in [5.41, 5.74) is 0.236. The zero-order valence-corrected chi connectivity index (χ0v) is 11.9. The van der Waals surface area contributed by atoms with E-state index in [1.54, 1.807) is 12.1 Å². The van der Waals surface area contributed by atoms with Gasteiger partial charge in [-0.1, -0.05) is 0 Å². The van der Waals surface area contributed by atoms with Crippen LogP contribution in [0.3, 0.4) is 0 Å². The lowest BCUT2D eigenvalue weighted by Gasteiger charge is -2.05. The first-order valence-electron chi connectivity index (χ1n) is 6.80. The number of aromatic amines is 1. The van der Waals surface area contributed by atoms with Crippen LogP contribution in [0.5, 0.6) is 0 Å². The van der Waals surface area contributed by atoms with Crippen molar-refractivity contribution in [3.63, 3.8) is 0 Å². The Morgan fingerprint density at radius 1 is 1.26 bits per heavy atom. The number of halogens is 1. The van der Waals surface area contributed by atoms with Gasteiger partial charge >= 0.3 is 5.69 Å². The van der Waals surface area contributed by atoms with Crippen molar-refractivity contribution in [2.45, 2.75) is 6.54 Å². The van der Waals surface area contributed by atoms with Crippen molar-refractivity contribution >= 4 is 5.91 Å². The van der Waals surface area contributed by atoms with E-state index in [9.17, 15) is 14.0 Å². The number of nitrogens with one attached hydrogen (secondary N) is 2. The summed E-state index contributed by atoms with van der Waals surface area (Å²) in [5.74, 6) is -0.271. The summed E-state index contributed by atoms with van der Waals surface area (Å²) in [4.78, 5) is 29.9. The average Bonchev–Trinajstić information content (AvgIpc) is 3.06. The van der Waals surface area contributed by atoms with E-state index in [2.05, 4.69) is 15.3 Å². The minimum atomic E-state index is -0.657. The lowest BCUT2D eigenvalue weighted by Crippen LogP contribution is -2.27. The highest BCUT2D eigenvalue weighted by molar-refractivity contribution is 5.93. The molecule has 3 rings (SSSR count). The van der Waals surface area contributed by atoms with E-state index in [-0.39, 0.29) is 17.9 Å². The van der Waals surface area contributed by atoms with Crippen LogP contribution in [0.4, 0.5) is 4.39 Å². The molecule has 0 bridgehead atoms. The molecular weight excluding hydrogens is 301 g/mol. The van der Waals surface area contributed by atoms with Gasteiger partial charge in [0.1, 0.15) is 17.3 Å². The third-order valence-corrected chi connectivity index (χ3v) is 3.13. The molecule has 1 amide bonds. The molecule has 3 aromatic rings. The lowest BCUT2D eigenvalue weighted by molar-refractivity contribution is 0.0942. The van der Waals surface area contributed by atoms with Crippen LogP contribution in [0.2, 0.25) is 0 Å². The Labute approximate surface area is 130 Å². The fraction of sp³-hybridized carbons (Fsp3) is 0.0625. The lowest BCUT2D eigenvalue weighted by atomic mass is 10.1. The molecule has 0 aliphatic rings. The summed E-state index contributed by atoms with van der Waals surface area (Å²) in [6.07, 6.45) is 1.50. The van der Waals surface area contributed by atoms with Crippen molar-refractivity contribution in [3.05, 3.63) is 76.5 Å². The number of hydrogen-bond acceptors (Lipinski definition) is 4. The maximum Gasteiger partial charge on any atom is 0.346 e. The fourth-order valence-corrected chi connectivity index (χ4v) is 2.02. The molecule has 116 valence electrons. The highest BCUT2D eigenvalue weighted by atomic mass is 19.1. The van der Waals surface area contributed by atoms with Gasteiger partial charge in [-0.3, -0.25) is 4.79 Å². The first-order chi connectivity index (χ1) is 11.1. The van der Waals surface area contributed by atoms with Crippen molar-refractivity contribution in [2.75, 3.05) is 0 Å². The molecule has 0 spiro atoms. The molecule has 0 saturated heterocycles. The van der Waals surface area contributed by atoms with Gasteiger partial charge in [0.15, 0.2) is 0 Å². The molecule has 0 aliphatic heterocycles. The van der Waals surface area contributed by atoms with Gasteiger partial charge < -0.3 is 14.7 Å². The minimum Gasteiger partial charge on any atom is -0.467 e. The highest BCUT2D eigenvalue weighted by Crippen LogP contribution is 2.16. The zero-order valence-electron chi connectivity index (χ0n) is 11.9. The maximum atomic E-state index is 13.0. The Morgan fingerprint density at radius 3 is 2.74 bits per heavy atom. The SMILES string of the molecule is O=C(NCc1ccco1)c1cc(-c2ccc(F)cc2)nc(=O)[nH]1. The summed E-state index contributed by atoms with van der Waals surface area (Å²) >= 11 is 0. The highest BCUT2D eigenvalue weighted by Gasteiger charge is 2.11. The predicted molar refractivity (Wildman–Crippen MR) is 80.1 cm³/mol. The van der Waals surface area contributed by atoms with Gasteiger partial charge in [0.2, 0.25) is 0 Å². The second kappa shape index (κ2) is 6.27. The standard InChI is InChI=1S/C16H12FN3O3/c17-11-5-3-10(4-6-11)13-8-14(20-16(22)19-13)15(21)18-9-12-2-1-7-23-12/h1-8H,9H2,(H,18,21)(H,19,20,22). The number of amides is 1. The molecule has 2 heterocycles. The molecule has 2 aromatic heterocycles. The second-order valence-corrected chi connectivity index (χ2v) is 4.75. The van der Waals surface area contributed by atoms with Crippen LogP contribution in [0.15, 0.2) is 57.9 Å². The summed E-state index contributed by atoms with van der Waals surface area (Å²) in [7, 11) is 0. The van der Waals surface area contributed by atoms with Crippen molar-refractivity contribution in [2.24, 2.45) is 0 Å². The van der Waals surface area contributed by atoms with Gasteiger partial charge in [-0.05, 0) is 42.5 Å². The first kappa shape index (κ1) is 14.7. The van der Waals surface area contributed by atoms with Crippen LogP contribution in [0, 0.1) is 5.82 Å². The molecule has 0 radical (unpaired) electrons. The van der Waals surface area contributed by atoms with Gasteiger partial charge in [0, 0.05) is 5.56 Å². The first-order valence-corrected chi connectivity index (χ1v) is 6.80. The van der Waals surface area contributed by atoms with E-state index in [0.29, 0.717) is 11.3 Å². The molecule has 6 nitrogen and oxygen atoms in total. The number of aromatic nitrogens is 2. The molecule has 1 aromatic carbocycles. The van der Waals surface area contributed by atoms with Crippen LogP contribution in [0.25, 0.3) is 11.3 Å². The van der Waals surface area contributed by atoms with Crippen molar-refractivity contribution in [1.29, 1.82) is 0 Å². The predicted octanol–water partition coefficient (Wildman–Crippen LogP) is 2.10. The van der Waals surface area contributed by atoms with Crippen molar-refractivity contribution < 1.29 is 13.6 Å². The fourth-order valence-electron chi connectivity index (χ4n) is 2.02. The average molecular weight is 313 g/mol. The third-order valence-electron chi connectivity index (χ3n) is 3.13. The van der Waals surface area contributed by atoms with Crippen LogP contribution in [-0.4, -0.2) is 15.9 Å². The van der Waals surface area contributed by atoms with Crippen molar-refractivity contribution in [3.8, 4) is 11.3 Å². The molecule has 0 unspecified atom stereocenters. The van der Waals surface area contributed by atoms with Gasteiger partial charge in [-0.15, -0.1) is 0 Å². The van der Waals surface area contributed by atoms with E-state index in [1.165, 1.54) is 36.6 Å². The minimum absolute atomic E-state index is 0.0656. The van der Waals surface area contributed by atoms with Crippen LogP contribution in [-0.2, 0) is 6.54 Å². The molecular formula is C16H12FN3O3. The number of nitrogens with zero attached hydrogens (tertiary/aromatic N) is 1. The smallest absolute Gasteiger partial charge is 0.346 e. The van der Waals surface area contributed by atoms with Crippen molar-refractivity contribution in [1.82, 2.24) is 15.3 Å². The Bertz CT molecular complexity index is 870. The number of furan rings is 1. The Balaban J connectivity index is 1.83. The Morgan fingerprint density at radius 2 is 2.04 bits per heavy atom. The van der Waals surface area contributed by atoms with Gasteiger partial charge in [-0.2, -0.15) is 4.98 Å². The van der Waals surface area contributed by atoms with E-state index in [0.717, 1.165) is 0 Å². The number of benzene rings is 1. The van der Waals surface area contributed by atoms with E-state index in [4.69, 9.17) is 4.42 Å². The third kappa shape index (κ3) is 3.52. The van der Waals surface area contributed by atoms with E-state index >= 15 is 0 Å². The number of hydrogen-bond donors (Lipinski definition) is 2. The molecule has 0 aliphatic carbocycles. The zero-order chi connectivity index (χ0) is 16.2. The summed E-state index contributed by atoms with van der Waals surface area (Å²) in [6.45, 7) is 0.196. The summed E-state index contributed by atoms with van der Waals surface area (Å²) in [5, 5.41) is 2.63. The quantitative estimate of drug-likeness (QED) is 0.772. The molecule has 0 atom stereocenters. The van der Waals surface area contributed by atoms with Crippen LogP contribution >= 0.6 is 0 Å². The summed E-state index contributed by atoms with van der Waals surface area (Å²) < 4.78 is 18.1. The van der Waals surface area contributed by atoms with Crippen LogP contribution in [0.1, 0.15) is 16.2 Å². The maximum absolute atomic E-state index is 13.0. The number of H-pyrrole nitrogens is 1. The second-order valence-electron chi connectivity index (χ2n) is 4.75. The van der Waals surface area contributed by atoms with E-state index < -0.39 is 17.4 Å². The molecule has 7 heteroatoms. The Kier molecular flexibility index (Phi) is 4.01. The molecule has 0 saturated carbocycles. The number of carbonyl (C=O) groups is 1. The Hall–Kier alpha value is -3.22. The van der Waals surface area contributed by atoms with Gasteiger partial charge in [0.25, 0.3) is 5.91 Å². The molecule has 2 N–H and O–H groups in total. The van der Waals surface area contributed by atoms with Crippen LogP contribution < -0.4 is 11.0 Å². The topological polar surface area (TPSA) is 88.0 Å². The number of carbonyl (C=O) groups excluding carboxylic acids is 1. The van der Waals surface area contributed by atoms with Gasteiger partial charge in [-0.25, -0.2) is 9.18 Å². The molecule has 23 heavy (non-hydrogen) atoms.